The molecular weight excluding hydrogens is 198 g/mol. The summed E-state index contributed by atoms with van der Waals surface area (Å²) in [6, 6.07) is 0. The third-order valence-electron chi connectivity index (χ3n) is 3.23. The second-order valence-corrected chi connectivity index (χ2v) is 4.07. The van der Waals surface area contributed by atoms with E-state index >= 15 is 0 Å². The summed E-state index contributed by atoms with van der Waals surface area (Å²) < 4.78 is 4.98. The van der Waals surface area contributed by atoms with Gasteiger partial charge in [0.1, 0.15) is 11.6 Å². The number of fused-ring (bicyclic) bond motifs is 1. The molecule has 2 saturated heterocycles. The van der Waals surface area contributed by atoms with E-state index in [-0.39, 0.29) is 18.3 Å². The standard InChI is InChI=1S/C10H15NO4/c1-2-15-9(14)10-4-3-5-11(10)8(13)7(12)6-10/h7,12H,2-6H2,1H3/t7-,10+/m1/s1. The highest BCUT2D eigenvalue weighted by molar-refractivity contribution is 5.94. The molecule has 0 aliphatic carbocycles. The van der Waals surface area contributed by atoms with Crippen molar-refractivity contribution < 1.29 is 19.4 Å². The number of carbonyl (C=O) groups excluding carboxylic acids is 2. The van der Waals surface area contributed by atoms with Gasteiger partial charge in [-0.25, -0.2) is 4.79 Å². The van der Waals surface area contributed by atoms with Crippen LogP contribution >= 0.6 is 0 Å². The van der Waals surface area contributed by atoms with Gasteiger partial charge in [0.25, 0.3) is 5.91 Å². The largest absolute Gasteiger partial charge is 0.464 e. The monoisotopic (exact) mass is 213 g/mol. The maximum Gasteiger partial charge on any atom is 0.332 e. The highest BCUT2D eigenvalue weighted by Gasteiger charge is 2.58. The Morgan fingerprint density at radius 1 is 1.73 bits per heavy atom. The molecule has 2 aliphatic rings. The highest BCUT2D eigenvalue weighted by atomic mass is 16.5. The topological polar surface area (TPSA) is 66.8 Å². The average molecular weight is 213 g/mol. The Bertz CT molecular complexity index is 304. The summed E-state index contributed by atoms with van der Waals surface area (Å²) in [5, 5.41) is 9.49. The molecule has 2 aliphatic heterocycles. The van der Waals surface area contributed by atoms with Crippen LogP contribution in [0.1, 0.15) is 26.2 Å². The van der Waals surface area contributed by atoms with Crippen molar-refractivity contribution >= 4 is 11.9 Å². The van der Waals surface area contributed by atoms with Crippen LogP contribution in [0.15, 0.2) is 0 Å². The minimum atomic E-state index is -1.03. The first-order valence-corrected chi connectivity index (χ1v) is 5.28. The fraction of sp³-hybridized carbons (Fsp3) is 0.800. The number of hydrogen-bond acceptors (Lipinski definition) is 4. The first-order chi connectivity index (χ1) is 7.12. The van der Waals surface area contributed by atoms with Crippen LogP contribution in [0.4, 0.5) is 0 Å². The predicted octanol–water partition coefficient (Wildman–Crippen LogP) is -0.325. The Kier molecular flexibility index (Phi) is 2.42. The van der Waals surface area contributed by atoms with Gasteiger partial charge in [-0.3, -0.25) is 4.79 Å². The molecule has 15 heavy (non-hydrogen) atoms. The summed E-state index contributed by atoms with van der Waals surface area (Å²) in [5.74, 6) is -0.701. The maximum absolute atomic E-state index is 11.8. The lowest BCUT2D eigenvalue weighted by Crippen LogP contribution is -2.48. The maximum atomic E-state index is 11.8. The molecule has 84 valence electrons. The van der Waals surface area contributed by atoms with Gasteiger partial charge in [-0.05, 0) is 19.8 Å². The molecule has 1 amide bonds. The number of amides is 1. The van der Waals surface area contributed by atoms with Crippen molar-refractivity contribution in [2.24, 2.45) is 0 Å². The lowest BCUT2D eigenvalue weighted by Gasteiger charge is -2.28. The number of ether oxygens (including phenoxy) is 1. The van der Waals surface area contributed by atoms with Crippen molar-refractivity contribution in [3.05, 3.63) is 0 Å². The molecule has 0 unspecified atom stereocenters. The smallest absolute Gasteiger partial charge is 0.332 e. The second-order valence-electron chi connectivity index (χ2n) is 4.07. The number of nitrogens with zero attached hydrogens (tertiary/aromatic N) is 1. The Morgan fingerprint density at radius 2 is 2.47 bits per heavy atom. The summed E-state index contributed by atoms with van der Waals surface area (Å²) >= 11 is 0. The quantitative estimate of drug-likeness (QED) is 0.638. The van der Waals surface area contributed by atoms with Crippen LogP contribution in [0.5, 0.6) is 0 Å². The minimum absolute atomic E-state index is 0.185. The fourth-order valence-corrected chi connectivity index (χ4v) is 2.56. The van der Waals surface area contributed by atoms with Gasteiger partial charge in [-0.2, -0.15) is 0 Å². The molecule has 2 fully saturated rings. The Labute approximate surface area is 88.0 Å². The van der Waals surface area contributed by atoms with Gasteiger partial charge in [0.15, 0.2) is 0 Å². The molecule has 2 atom stereocenters. The van der Waals surface area contributed by atoms with Crippen molar-refractivity contribution in [3.63, 3.8) is 0 Å². The van der Waals surface area contributed by atoms with Gasteiger partial charge < -0.3 is 14.7 Å². The molecule has 0 aromatic carbocycles. The van der Waals surface area contributed by atoms with E-state index in [4.69, 9.17) is 4.74 Å². The number of hydrogen-bond donors (Lipinski definition) is 1. The highest BCUT2D eigenvalue weighted by Crippen LogP contribution is 2.40. The van der Waals surface area contributed by atoms with Gasteiger partial charge in [0, 0.05) is 13.0 Å². The molecule has 0 aromatic heterocycles. The van der Waals surface area contributed by atoms with E-state index in [1.807, 2.05) is 0 Å². The third kappa shape index (κ3) is 1.33. The average Bonchev–Trinajstić information content (AvgIpc) is 2.70. The number of rotatable bonds is 2. The van der Waals surface area contributed by atoms with E-state index in [1.165, 1.54) is 4.90 Å². The van der Waals surface area contributed by atoms with E-state index in [0.29, 0.717) is 19.6 Å². The van der Waals surface area contributed by atoms with Crippen molar-refractivity contribution in [2.75, 3.05) is 13.2 Å². The summed E-state index contributed by atoms with van der Waals surface area (Å²) in [7, 11) is 0. The van der Waals surface area contributed by atoms with Gasteiger partial charge >= 0.3 is 5.97 Å². The Hall–Kier alpha value is -1.10. The lowest BCUT2D eigenvalue weighted by molar-refractivity contribution is -0.157. The van der Waals surface area contributed by atoms with E-state index in [1.54, 1.807) is 6.92 Å². The van der Waals surface area contributed by atoms with Crippen molar-refractivity contribution in [1.29, 1.82) is 0 Å². The SMILES string of the molecule is CCOC(=O)[C@@]12CCCN1C(=O)[C@H](O)C2. The van der Waals surface area contributed by atoms with Gasteiger partial charge in [0.2, 0.25) is 0 Å². The second kappa shape index (κ2) is 3.48. The van der Waals surface area contributed by atoms with Crippen LogP contribution in [0.3, 0.4) is 0 Å². The van der Waals surface area contributed by atoms with Crippen LogP contribution < -0.4 is 0 Å². The summed E-state index contributed by atoms with van der Waals surface area (Å²) in [6.07, 6.45) is 0.561. The predicted molar refractivity (Wildman–Crippen MR) is 50.9 cm³/mol. The van der Waals surface area contributed by atoms with Crippen LogP contribution in [-0.4, -0.2) is 46.7 Å². The van der Waals surface area contributed by atoms with E-state index in [2.05, 4.69) is 0 Å². The first-order valence-electron chi connectivity index (χ1n) is 5.28. The van der Waals surface area contributed by atoms with E-state index in [0.717, 1.165) is 6.42 Å². The molecule has 0 radical (unpaired) electrons. The number of aliphatic hydroxyl groups excluding tert-OH is 1. The lowest BCUT2D eigenvalue weighted by atomic mass is 9.93. The number of aliphatic hydroxyl groups is 1. The van der Waals surface area contributed by atoms with Crippen molar-refractivity contribution in [2.45, 2.75) is 37.8 Å². The van der Waals surface area contributed by atoms with Gasteiger partial charge in [-0.15, -0.1) is 0 Å². The molecule has 0 bridgehead atoms. The summed E-state index contributed by atoms with van der Waals surface area (Å²) in [6.45, 7) is 2.59. The molecule has 2 rings (SSSR count). The molecule has 2 heterocycles. The minimum Gasteiger partial charge on any atom is -0.464 e. The molecule has 0 aromatic rings. The zero-order valence-corrected chi connectivity index (χ0v) is 8.73. The molecule has 1 N–H and O–H groups in total. The van der Waals surface area contributed by atoms with Crippen LogP contribution in [0.2, 0.25) is 0 Å². The molecule has 5 heteroatoms. The number of carbonyl (C=O) groups is 2. The Morgan fingerprint density at radius 3 is 3.13 bits per heavy atom. The zero-order valence-electron chi connectivity index (χ0n) is 8.73. The molecule has 5 nitrogen and oxygen atoms in total. The first kappa shape index (κ1) is 10.4. The van der Waals surface area contributed by atoms with Crippen LogP contribution in [-0.2, 0) is 14.3 Å². The van der Waals surface area contributed by atoms with Crippen LogP contribution in [0.25, 0.3) is 0 Å². The zero-order chi connectivity index (χ0) is 11.1. The summed E-state index contributed by atoms with van der Waals surface area (Å²) in [4.78, 5) is 24.9. The van der Waals surface area contributed by atoms with Crippen molar-refractivity contribution in [3.8, 4) is 0 Å². The molecule has 0 spiro atoms. The molecular formula is C10H15NO4. The van der Waals surface area contributed by atoms with E-state index in [9.17, 15) is 14.7 Å². The third-order valence-corrected chi connectivity index (χ3v) is 3.23. The van der Waals surface area contributed by atoms with Crippen molar-refractivity contribution in [1.82, 2.24) is 4.90 Å². The number of esters is 1. The fourth-order valence-electron chi connectivity index (χ4n) is 2.56. The summed E-state index contributed by atoms with van der Waals surface area (Å²) in [5.41, 5.74) is -0.869. The molecule has 0 saturated carbocycles. The van der Waals surface area contributed by atoms with Gasteiger partial charge in [-0.1, -0.05) is 0 Å². The van der Waals surface area contributed by atoms with Crippen LogP contribution in [0, 0.1) is 0 Å². The normalized spacial score (nSPS) is 34.4. The van der Waals surface area contributed by atoms with E-state index < -0.39 is 11.6 Å². The van der Waals surface area contributed by atoms with Gasteiger partial charge in [0.05, 0.1) is 6.61 Å². The Balaban J connectivity index is 2.25.